The summed E-state index contributed by atoms with van der Waals surface area (Å²) in [6, 6.07) is 0.501. The van der Waals surface area contributed by atoms with Gasteiger partial charge in [-0.05, 0) is 25.7 Å². The van der Waals surface area contributed by atoms with Gasteiger partial charge in [-0.3, -0.25) is 0 Å². The standard InChI is InChI=1S/C17H32N2OS/c1-7-9-15(20-8-2)17-19-14(10-12(3)4)16(21-17)11-18-13(5)6/h12-13,15,18H,7-11H2,1-6H3. The molecule has 0 amide bonds. The van der Waals surface area contributed by atoms with Crippen molar-refractivity contribution >= 4 is 11.3 Å². The van der Waals surface area contributed by atoms with Gasteiger partial charge >= 0.3 is 0 Å². The third kappa shape index (κ3) is 6.45. The normalized spacial score (nSPS) is 13.3. The summed E-state index contributed by atoms with van der Waals surface area (Å²) in [7, 11) is 0. The third-order valence-electron chi connectivity index (χ3n) is 3.26. The summed E-state index contributed by atoms with van der Waals surface area (Å²) < 4.78 is 5.89. The number of hydrogen-bond acceptors (Lipinski definition) is 4. The lowest BCUT2D eigenvalue weighted by atomic mass is 10.1. The second kappa shape index (κ2) is 9.54. The molecule has 21 heavy (non-hydrogen) atoms. The fourth-order valence-corrected chi connectivity index (χ4v) is 3.39. The van der Waals surface area contributed by atoms with Crippen molar-refractivity contribution in [1.82, 2.24) is 10.3 Å². The Morgan fingerprint density at radius 3 is 2.43 bits per heavy atom. The Bertz CT molecular complexity index is 395. The second-order valence-corrected chi connectivity index (χ2v) is 7.40. The van der Waals surface area contributed by atoms with E-state index < -0.39 is 0 Å². The highest BCUT2D eigenvalue weighted by molar-refractivity contribution is 7.11. The van der Waals surface area contributed by atoms with Gasteiger partial charge in [0.2, 0.25) is 0 Å². The van der Waals surface area contributed by atoms with Crippen LogP contribution in [0.25, 0.3) is 0 Å². The van der Waals surface area contributed by atoms with Crippen molar-refractivity contribution in [3.63, 3.8) is 0 Å². The minimum atomic E-state index is 0.170. The predicted octanol–water partition coefficient (Wildman–Crippen LogP) is 4.72. The molecule has 1 aromatic heterocycles. The number of nitrogens with one attached hydrogen (secondary N) is 1. The lowest BCUT2D eigenvalue weighted by Crippen LogP contribution is -2.22. The van der Waals surface area contributed by atoms with Gasteiger partial charge in [-0.25, -0.2) is 4.98 Å². The topological polar surface area (TPSA) is 34.1 Å². The maximum atomic E-state index is 5.89. The molecule has 1 heterocycles. The molecular weight excluding hydrogens is 280 g/mol. The van der Waals surface area contributed by atoms with Gasteiger partial charge in [-0.1, -0.05) is 41.0 Å². The van der Waals surface area contributed by atoms with Crippen LogP contribution in [0.2, 0.25) is 0 Å². The van der Waals surface area contributed by atoms with Crippen molar-refractivity contribution in [2.75, 3.05) is 6.61 Å². The monoisotopic (exact) mass is 312 g/mol. The van der Waals surface area contributed by atoms with Crippen molar-refractivity contribution in [3.8, 4) is 0 Å². The van der Waals surface area contributed by atoms with E-state index in [0.29, 0.717) is 12.0 Å². The molecule has 0 fully saturated rings. The average Bonchev–Trinajstić information content (AvgIpc) is 2.78. The third-order valence-corrected chi connectivity index (χ3v) is 4.45. The van der Waals surface area contributed by atoms with Gasteiger partial charge in [0.1, 0.15) is 11.1 Å². The van der Waals surface area contributed by atoms with Crippen LogP contribution in [0.1, 0.15) is 76.1 Å². The highest BCUT2D eigenvalue weighted by atomic mass is 32.1. The fraction of sp³-hybridized carbons (Fsp3) is 0.824. The Labute approximate surface area is 134 Å². The molecule has 1 unspecified atom stereocenters. The smallest absolute Gasteiger partial charge is 0.122 e. The van der Waals surface area contributed by atoms with E-state index >= 15 is 0 Å². The van der Waals surface area contributed by atoms with E-state index in [9.17, 15) is 0 Å². The fourth-order valence-electron chi connectivity index (χ4n) is 2.26. The Hall–Kier alpha value is -0.450. The van der Waals surface area contributed by atoms with Gasteiger partial charge in [0, 0.05) is 24.1 Å². The maximum Gasteiger partial charge on any atom is 0.122 e. The highest BCUT2D eigenvalue weighted by Crippen LogP contribution is 2.30. The number of ether oxygens (including phenoxy) is 1. The van der Waals surface area contributed by atoms with Crippen LogP contribution in [-0.2, 0) is 17.7 Å². The first-order chi connectivity index (χ1) is 9.97. The van der Waals surface area contributed by atoms with Crippen LogP contribution in [0.15, 0.2) is 0 Å². The molecule has 1 atom stereocenters. The summed E-state index contributed by atoms with van der Waals surface area (Å²) in [5.41, 5.74) is 1.26. The minimum absolute atomic E-state index is 0.170. The molecule has 0 bridgehead atoms. The van der Waals surface area contributed by atoms with Crippen molar-refractivity contribution in [1.29, 1.82) is 0 Å². The Balaban J connectivity index is 2.93. The molecule has 0 saturated heterocycles. The molecule has 0 aliphatic carbocycles. The Morgan fingerprint density at radius 1 is 1.19 bits per heavy atom. The molecule has 0 radical (unpaired) electrons. The van der Waals surface area contributed by atoms with Crippen LogP contribution in [0.3, 0.4) is 0 Å². The first-order valence-electron chi connectivity index (χ1n) is 8.31. The number of thiazole rings is 1. The van der Waals surface area contributed by atoms with Crippen LogP contribution >= 0.6 is 11.3 Å². The number of nitrogens with zero attached hydrogens (tertiary/aromatic N) is 1. The zero-order valence-electron chi connectivity index (χ0n) is 14.5. The summed E-state index contributed by atoms with van der Waals surface area (Å²) in [5, 5.41) is 4.68. The lowest BCUT2D eigenvalue weighted by Gasteiger charge is -2.13. The van der Waals surface area contributed by atoms with E-state index in [4.69, 9.17) is 9.72 Å². The first kappa shape index (κ1) is 18.6. The number of aromatic nitrogens is 1. The van der Waals surface area contributed by atoms with Crippen LogP contribution < -0.4 is 5.32 Å². The molecule has 0 aliphatic heterocycles. The van der Waals surface area contributed by atoms with Crippen LogP contribution in [0.5, 0.6) is 0 Å². The maximum absolute atomic E-state index is 5.89. The zero-order valence-corrected chi connectivity index (χ0v) is 15.3. The molecule has 1 rings (SSSR count). The molecule has 4 heteroatoms. The van der Waals surface area contributed by atoms with Crippen molar-refractivity contribution in [2.45, 2.75) is 79.5 Å². The highest BCUT2D eigenvalue weighted by Gasteiger charge is 2.19. The van der Waals surface area contributed by atoms with Gasteiger partial charge in [0.05, 0.1) is 5.69 Å². The molecule has 1 aromatic rings. The summed E-state index contributed by atoms with van der Waals surface area (Å²) in [6.07, 6.45) is 3.41. The largest absolute Gasteiger partial charge is 0.371 e. The molecule has 0 aliphatic rings. The van der Waals surface area contributed by atoms with Crippen LogP contribution in [-0.4, -0.2) is 17.6 Å². The minimum Gasteiger partial charge on any atom is -0.371 e. The van der Waals surface area contributed by atoms with E-state index in [2.05, 4.69) is 46.9 Å². The first-order valence-corrected chi connectivity index (χ1v) is 9.12. The molecule has 0 spiro atoms. The average molecular weight is 313 g/mol. The molecule has 1 N–H and O–H groups in total. The van der Waals surface area contributed by atoms with E-state index in [-0.39, 0.29) is 6.10 Å². The van der Waals surface area contributed by atoms with Gasteiger partial charge < -0.3 is 10.1 Å². The van der Waals surface area contributed by atoms with Crippen molar-refractivity contribution in [2.24, 2.45) is 5.92 Å². The summed E-state index contributed by atoms with van der Waals surface area (Å²) in [6.45, 7) is 14.8. The van der Waals surface area contributed by atoms with Crippen molar-refractivity contribution in [3.05, 3.63) is 15.6 Å². The van der Waals surface area contributed by atoms with E-state index in [1.165, 1.54) is 10.6 Å². The summed E-state index contributed by atoms with van der Waals surface area (Å²) >= 11 is 1.83. The van der Waals surface area contributed by atoms with Crippen LogP contribution in [0.4, 0.5) is 0 Å². The van der Waals surface area contributed by atoms with Gasteiger partial charge in [-0.2, -0.15) is 0 Å². The molecule has 0 aromatic carbocycles. The summed E-state index contributed by atoms with van der Waals surface area (Å²) in [5.74, 6) is 0.634. The molecule has 0 saturated carbocycles. The van der Waals surface area contributed by atoms with Crippen LogP contribution in [0, 0.1) is 5.92 Å². The number of hydrogen-bond donors (Lipinski definition) is 1. The van der Waals surface area contributed by atoms with Crippen molar-refractivity contribution < 1.29 is 4.74 Å². The SMILES string of the molecule is CCCC(OCC)c1nc(CC(C)C)c(CNC(C)C)s1. The number of rotatable bonds is 10. The predicted molar refractivity (Wildman–Crippen MR) is 91.9 cm³/mol. The zero-order chi connectivity index (χ0) is 15.8. The lowest BCUT2D eigenvalue weighted by molar-refractivity contribution is 0.0554. The molecule has 3 nitrogen and oxygen atoms in total. The van der Waals surface area contributed by atoms with E-state index in [1.54, 1.807) is 0 Å². The Kier molecular flexibility index (Phi) is 8.45. The second-order valence-electron chi connectivity index (χ2n) is 6.29. The van der Waals surface area contributed by atoms with E-state index in [0.717, 1.165) is 37.4 Å². The van der Waals surface area contributed by atoms with Gasteiger partial charge in [0.25, 0.3) is 0 Å². The Morgan fingerprint density at radius 2 is 1.90 bits per heavy atom. The quantitative estimate of drug-likeness (QED) is 0.679. The van der Waals surface area contributed by atoms with Gasteiger partial charge in [0.15, 0.2) is 0 Å². The van der Waals surface area contributed by atoms with Gasteiger partial charge in [-0.15, -0.1) is 11.3 Å². The molecular formula is C17H32N2OS. The molecule has 122 valence electrons. The van der Waals surface area contributed by atoms with E-state index in [1.807, 2.05) is 11.3 Å². The summed E-state index contributed by atoms with van der Waals surface area (Å²) in [4.78, 5) is 6.30.